The lowest BCUT2D eigenvalue weighted by molar-refractivity contribution is -0.277. The van der Waals surface area contributed by atoms with Crippen molar-refractivity contribution in [1.82, 2.24) is 0 Å². The van der Waals surface area contributed by atoms with Gasteiger partial charge < -0.3 is 9.47 Å². The maximum absolute atomic E-state index is 14.4. The molecule has 0 aliphatic heterocycles. The molecule has 1 fully saturated rings. The number of ether oxygens (including phenoxy) is 2. The Kier molecular flexibility index (Phi) is 8.59. The molecule has 1 saturated carbocycles. The van der Waals surface area contributed by atoms with Gasteiger partial charge in [0.15, 0.2) is 0 Å². The van der Waals surface area contributed by atoms with Crippen LogP contribution in [-0.2, 0) is 19.9 Å². The number of benzene rings is 1. The minimum Gasteiger partial charge on any atom is -0.455 e. The van der Waals surface area contributed by atoms with E-state index >= 15 is 0 Å². The molecule has 198 valence electrons. The van der Waals surface area contributed by atoms with Gasteiger partial charge in [-0.15, -0.1) is 0 Å². The first-order valence-electron chi connectivity index (χ1n) is 12.7. The Morgan fingerprint density at radius 1 is 1.11 bits per heavy atom. The quantitative estimate of drug-likeness (QED) is 0.300. The van der Waals surface area contributed by atoms with Crippen molar-refractivity contribution in [3.63, 3.8) is 0 Å². The Morgan fingerprint density at radius 2 is 1.78 bits per heavy atom. The van der Waals surface area contributed by atoms with Gasteiger partial charge in [-0.3, -0.25) is 0 Å². The summed E-state index contributed by atoms with van der Waals surface area (Å²) < 4.78 is 53.8. The Morgan fingerprint density at radius 3 is 2.36 bits per heavy atom. The van der Waals surface area contributed by atoms with E-state index in [1.807, 2.05) is 13.8 Å². The van der Waals surface area contributed by atoms with Crippen molar-refractivity contribution >= 4 is 5.97 Å². The van der Waals surface area contributed by atoms with Crippen LogP contribution in [0.15, 0.2) is 65.8 Å². The van der Waals surface area contributed by atoms with Gasteiger partial charge in [-0.1, -0.05) is 67.1 Å². The maximum atomic E-state index is 14.4. The number of carbonyl (C=O) groups excluding carboxylic acids is 1. The highest BCUT2D eigenvalue weighted by molar-refractivity contribution is 5.83. The van der Waals surface area contributed by atoms with E-state index in [2.05, 4.69) is 32.6 Å². The monoisotopic (exact) mass is 504 g/mol. The number of esters is 1. The molecular formula is C30H39F3O3. The summed E-state index contributed by atoms with van der Waals surface area (Å²) in [6.07, 6.45) is 3.51. The summed E-state index contributed by atoms with van der Waals surface area (Å²) in [6.45, 7) is 12.5. The van der Waals surface area contributed by atoms with Crippen molar-refractivity contribution in [3.8, 4) is 0 Å². The SMILES string of the molecule is C=C(C)[C@H]1CC[C@]2(C)C/C=C(\C)CC[C@H](OC(=O)[C@](OC)(c3ccccc3)C(F)(F)F)/C(C)=C/C[C@@H]12. The largest absolute Gasteiger partial charge is 0.455 e. The van der Waals surface area contributed by atoms with E-state index in [1.165, 1.54) is 29.8 Å². The number of hydrogen-bond acceptors (Lipinski definition) is 3. The molecule has 0 N–H and O–H groups in total. The normalized spacial score (nSPS) is 32.1. The molecule has 5 atom stereocenters. The number of alkyl halides is 3. The molecule has 3 nitrogen and oxygen atoms in total. The molecule has 2 aliphatic rings. The van der Waals surface area contributed by atoms with Crippen LogP contribution in [0.2, 0.25) is 0 Å². The van der Waals surface area contributed by atoms with Crippen molar-refractivity contribution in [1.29, 1.82) is 0 Å². The van der Waals surface area contributed by atoms with Crippen molar-refractivity contribution in [2.45, 2.75) is 84.1 Å². The lowest BCUT2D eigenvalue weighted by Crippen LogP contribution is -2.52. The van der Waals surface area contributed by atoms with Crippen LogP contribution in [0.1, 0.15) is 71.8 Å². The fourth-order valence-electron chi connectivity index (χ4n) is 5.94. The Bertz CT molecular complexity index is 1010. The van der Waals surface area contributed by atoms with Crippen LogP contribution < -0.4 is 0 Å². The van der Waals surface area contributed by atoms with Gasteiger partial charge in [0.05, 0.1) is 0 Å². The number of hydrogen-bond donors (Lipinski definition) is 0. The van der Waals surface area contributed by atoms with E-state index in [4.69, 9.17) is 9.47 Å². The molecule has 3 rings (SSSR count). The first kappa shape index (κ1) is 28.2. The molecule has 0 radical (unpaired) electrons. The van der Waals surface area contributed by atoms with Crippen molar-refractivity contribution < 1.29 is 27.4 Å². The van der Waals surface area contributed by atoms with Gasteiger partial charge in [0.1, 0.15) is 6.10 Å². The summed E-state index contributed by atoms with van der Waals surface area (Å²) in [5, 5.41) is 0. The van der Waals surface area contributed by atoms with Gasteiger partial charge in [0.25, 0.3) is 5.60 Å². The van der Waals surface area contributed by atoms with Crippen LogP contribution >= 0.6 is 0 Å². The Labute approximate surface area is 213 Å². The summed E-state index contributed by atoms with van der Waals surface area (Å²) in [6, 6.07) is 6.97. The van der Waals surface area contributed by atoms with Gasteiger partial charge in [-0.25, -0.2) is 4.79 Å². The van der Waals surface area contributed by atoms with Crippen molar-refractivity contribution in [2.24, 2.45) is 17.3 Å². The third-order valence-electron chi connectivity index (χ3n) is 8.38. The number of rotatable bonds is 5. The van der Waals surface area contributed by atoms with Gasteiger partial charge >= 0.3 is 12.1 Å². The first-order chi connectivity index (χ1) is 16.9. The average molecular weight is 505 g/mol. The highest BCUT2D eigenvalue weighted by Crippen LogP contribution is 2.53. The zero-order chi connectivity index (χ0) is 26.7. The Balaban J connectivity index is 1.96. The third kappa shape index (κ3) is 5.49. The standard InChI is InChI=1S/C30H39F3O3/c1-20(2)24-17-19-28(5)18-16-21(3)12-15-26(22(4)13-14-25(24)28)36-27(34)29(35-6,30(31,32)33)23-10-8-7-9-11-23/h7-11,13,16,24-26H,1,12,14-15,17-19H2,2-6H3/b21-16+,22-13+/t24-,25+,26+,28+,29-/m1/s1. The number of fused-ring (bicyclic) bond motifs is 1. The lowest BCUT2D eigenvalue weighted by Gasteiger charge is -2.34. The highest BCUT2D eigenvalue weighted by atomic mass is 19.4. The summed E-state index contributed by atoms with van der Waals surface area (Å²) in [7, 11) is 0.896. The number of allylic oxidation sites excluding steroid dienone is 4. The van der Waals surface area contributed by atoms with Crippen molar-refractivity contribution in [2.75, 3.05) is 7.11 Å². The van der Waals surface area contributed by atoms with Gasteiger partial charge in [0.2, 0.25) is 0 Å². The molecule has 1 aromatic rings. The number of halogens is 3. The Hall–Kier alpha value is -2.34. The van der Waals surface area contributed by atoms with Crippen molar-refractivity contribution in [3.05, 3.63) is 71.3 Å². The zero-order valence-corrected chi connectivity index (χ0v) is 22.1. The summed E-state index contributed by atoms with van der Waals surface area (Å²) in [4.78, 5) is 13.3. The van der Waals surface area contributed by atoms with Crippen LogP contribution in [0.3, 0.4) is 0 Å². The van der Waals surface area contributed by atoms with Gasteiger partial charge in [0, 0.05) is 12.7 Å². The third-order valence-corrected chi connectivity index (χ3v) is 8.38. The van der Waals surface area contributed by atoms with Gasteiger partial charge in [-0.2, -0.15) is 13.2 Å². The molecule has 0 saturated heterocycles. The molecular weight excluding hydrogens is 465 g/mol. The maximum Gasteiger partial charge on any atom is 0.432 e. The second-order valence-electron chi connectivity index (χ2n) is 10.9. The number of carbonyl (C=O) groups is 1. The van der Waals surface area contributed by atoms with Crippen LogP contribution in [0.4, 0.5) is 13.2 Å². The fraction of sp³-hybridized carbons (Fsp3) is 0.567. The molecule has 0 heterocycles. The van der Waals surface area contributed by atoms with E-state index in [0.717, 1.165) is 43.9 Å². The molecule has 2 aliphatic carbocycles. The summed E-state index contributed by atoms with van der Waals surface area (Å²) in [5.41, 5.74) is -0.265. The van der Waals surface area contributed by atoms with Crippen LogP contribution in [0.5, 0.6) is 0 Å². The summed E-state index contributed by atoms with van der Waals surface area (Å²) >= 11 is 0. The molecule has 1 aromatic carbocycles. The smallest absolute Gasteiger partial charge is 0.432 e. The first-order valence-corrected chi connectivity index (χ1v) is 12.7. The minimum absolute atomic E-state index is 0.132. The number of methoxy groups -OCH3 is 1. The average Bonchev–Trinajstić information content (AvgIpc) is 3.15. The fourth-order valence-corrected chi connectivity index (χ4v) is 5.94. The molecule has 0 unspecified atom stereocenters. The summed E-state index contributed by atoms with van der Waals surface area (Å²) in [5.74, 6) is -0.663. The van der Waals surface area contributed by atoms with E-state index in [0.29, 0.717) is 24.7 Å². The zero-order valence-electron chi connectivity index (χ0n) is 22.1. The van der Waals surface area contributed by atoms with Crippen LogP contribution in [0.25, 0.3) is 0 Å². The highest BCUT2D eigenvalue weighted by Gasteiger charge is 2.64. The van der Waals surface area contributed by atoms with E-state index in [1.54, 1.807) is 6.07 Å². The predicted octanol–water partition coefficient (Wildman–Crippen LogP) is 8.08. The van der Waals surface area contributed by atoms with Crippen LogP contribution in [-0.4, -0.2) is 25.4 Å². The van der Waals surface area contributed by atoms with E-state index < -0.39 is 23.9 Å². The molecule has 36 heavy (non-hydrogen) atoms. The second-order valence-corrected chi connectivity index (χ2v) is 10.9. The van der Waals surface area contributed by atoms with E-state index in [-0.39, 0.29) is 11.0 Å². The van der Waals surface area contributed by atoms with Gasteiger partial charge in [-0.05, 0) is 82.1 Å². The molecule has 6 heteroatoms. The molecule has 0 amide bonds. The molecule has 0 aromatic heterocycles. The minimum atomic E-state index is -5.00. The molecule has 0 spiro atoms. The topological polar surface area (TPSA) is 35.5 Å². The second kappa shape index (κ2) is 11.0. The lowest BCUT2D eigenvalue weighted by atomic mass is 9.71. The molecule has 0 bridgehead atoms. The van der Waals surface area contributed by atoms with E-state index in [9.17, 15) is 18.0 Å². The predicted molar refractivity (Wildman–Crippen MR) is 136 cm³/mol. The van der Waals surface area contributed by atoms with Crippen LogP contribution in [0, 0.1) is 17.3 Å².